The number of halogens is 6. The molecule has 9 heteroatoms. The van der Waals surface area contributed by atoms with Crippen molar-refractivity contribution < 1.29 is 31.4 Å². The molecule has 1 aromatic heterocycles. The summed E-state index contributed by atoms with van der Waals surface area (Å²) < 4.78 is 79.3. The number of hydrogen-bond acceptors (Lipinski definition) is 3. The molecule has 2 aromatic carbocycles. The van der Waals surface area contributed by atoms with Crippen molar-refractivity contribution in [3.05, 3.63) is 71.4 Å². The summed E-state index contributed by atoms with van der Waals surface area (Å²) in [6.07, 6.45) is -11.3. The number of rotatable bonds is 4. The molecule has 3 nitrogen and oxygen atoms in total. The average Bonchev–Trinajstić information content (AvgIpc) is 2.64. The van der Waals surface area contributed by atoms with Crippen LogP contribution in [-0.2, 0) is 12.4 Å². The maximum atomic E-state index is 13.3. The summed E-state index contributed by atoms with van der Waals surface area (Å²) in [5, 5.41) is 13.1. The first-order valence-corrected chi connectivity index (χ1v) is 8.12. The number of aliphatic hydroxyl groups is 1. The molecule has 0 fully saturated rings. The van der Waals surface area contributed by atoms with Gasteiger partial charge in [-0.05, 0) is 29.8 Å². The first kappa shape index (κ1) is 19.9. The van der Waals surface area contributed by atoms with Crippen LogP contribution in [0.2, 0.25) is 0 Å². The predicted octanol–water partition coefficient (Wildman–Crippen LogP) is 5.42. The molecule has 1 atom stereocenters. The van der Waals surface area contributed by atoms with E-state index in [1.165, 1.54) is 6.07 Å². The van der Waals surface area contributed by atoms with E-state index < -0.39 is 35.2 Å². The van der Waals surface area contributed by atoms with Crippen LogP contribution < -0.4 is 5.32 Å². The lowest BCUT2D eigenvalue weighted by molar-refractivity contribution is -0.142. The molecule has 0 bridgehead atoms. The van der Waals surface area contributed by atoms with Gasteiger partial charge >= 0.3 is 12.4 Å². The lowest BCUT2D eigenvalue weighted by atomic mass is 9.99. The van der Waals surface area contributed by atoms with Crippen LogP contribution in [0.3, 0.4) is 0 Å². The van der Waals surface area contributed by atoms with Crippen LogP contribution in [0.4, 0.5) is 32.0 Å². The van der Waals surface area contributed by atoms with Crippen LogP contribution in [0.1, 0.15) is 22.9 Å². The van der Waals surface area contributed by atoms with E-state index in [1.807, 2.05) is 0 Å². The average molecular weight is 400 g/mol. The molecule has 0 aliphatic carbocycles. The monoisotopic (exact) mass is 400 g/mol. The Balaban J connectivity index is 2.09. The highest BCUT2D eigenvalue weighted by molar-refractivity contribution is 5.86. The van der Waals surface area contributed by atoms with Crippen LogP contribution in [0.25, 0.3) is 10.9 Å². The Morgan fingerprint density at radius 1 is 0.893 bits per heavy atom. The SMILES string of the molecule is O[C@H](CNc1ccccc1)c1cc(C(F)(F)F)nc2c(C(F)(F)F)cccc12. The zero-order valence-electron chi connectivity index (χ0n) is 14.1. The Morgan fingerprint density at radius 3 is 2.18 bits per heavy atom. The topological polar surface area (TPSA) is 45.1 Å². The summed E-state index contributed by atoms with van der Waals surface area (Å²) in [7, 11) is 0. The highest BCUT2D eigenvalue weighted by Gasteiger charge is 2.37. The molecular weight excluding hydrogens is 386 g/mol. The lowest BCUT2D eigenvalue weighted by Crippen LogP contribution is -2.17. The second kappa shape index (κ2) is 7.31. The van der Waals surface area contributed by atoms with Crippen LogP contribution in [0.5, 0.6) is 0 Å². The third-order valence-corrected chi connectivity index (χ3v) is 4.10. The number of alkyl halides is 6. The smallest absolute Gasteiger partial charge is 0.387 e. The Labute approximate surface area is 155 Å². The van der Waals surface area contributed by atoms with Crippen molar-refractivity contribution in [3.63, 3.8) is 0 Å². The van der Waals surface area contributed by atoms with E-state index >= 15 is 0 Å². The van der Waals surface area contributed by atoms with Gasteiger partial charge < -0.3 is 10.4 Å². The largest absolute Gasteiger partial charge is 0.433 e. The molecule has 0 aliphatic heterocycles. The molecule has 0 saturated heterocycles. The van der Waals surface area contributed by atoms with Gasteiger partial charge in [0.2, 0.25) is 0 Å². The van der Waals surface area contributed by atoms with Gasteiger partial charge in [0, 0.05) is 17.6 Å². The molecule has 148 valence electrons. The number of aromatic nitrogens is 1. The Hall–Kier alpha value is -2.81. The molecule has 3 rings (SSSR count). The molecule has 0 amide bonds. The molecule has 0 spiro atoms. The Morgan fingerprint density at radius 2 is 1.57 bits per heavy atom. The van der Waals surface area contributed by atoms with Crippen molar-refractivity contribution in [2.24, 2.45) is 0 Å². The second-order valence-corrected chi connectivity index (χ2v) is 6.06. The third kappa shape index (κ3) is 4.19. The molecular formula is C19H14F6N2O. The number of nitrogens with one attached hydrogen (secondary N) is 1. The first-order valence-electron chi connectivity index (χ1n) is 8.12. The number of para-hydroxylation sites is 2. The van der Waals surface area contributed by atoms with Crippen LogP contribution in [-0.4, -0.2) is 16.6 Å². The molecule has 2 N–H and O–H groups in total. The van der Waals surface area contributed by atoms with Gasteiger partial charge in [-0.25, -0.2) is 4.98 Å². The quantitative estimate of drug-likeness (QED) is 0.575. The summed E-state index contributed by atoms with van der Waals surface area (Å²) in [4.78, 5) is 3.20. The van der Waals surface area contributed by atoms with Crippen LogP contribution in [0, 0.1) is 0 Å². The maximum Gasteiger partial charge on any atom is 0.433 e. The van der Waals surface area contributed by atoms with Gasteiger partial charge in [0.1, 0.15) is 5.69 Å². The van der Waals surface area contributed by atoms with Gasteiger partial charge in [-0.3, -0.25) is 0 Å². The van der Waals surface area contributed by atoms with Crippen molar-refractivity contribution >= 4 is 16.6 Å². The highest BCUT2D eigenvalue weighted by atomic mass is 19.4. The standard InChI is InChI=1S/C19H14F6N2O/c20-18(21,22)14-8-4-7-12-13(9-16(19(23,24)25)27-17(12)14)15(28)10-26-11-5-2-1-3-6-11/h1-9,15,26,28H,10H2/t15-/m1/s1. The second-order valence-electron chi connectivity index (χ2n) is 6.06. The van der Waals surface area contributed by atoms with E-state index in [9.17, 15) is 31.4 Å². The van der Waals surface area contributed by atoms with Gasteiger partial charge in [0.05, 0.1) is 17.2 Å². The maximum absolute atomic E-state index is 13.3. The van der Waals surface area contributed by atoms with Crippen molar-refractivity contribution in [1.29, 1.82) is 0 Å². The van der Waals surface area contributed by atoms with E-state index in [0.717, 1.165) is 6.07 Å². The summed E-state index contributed by atoms with van der Waals surface area (Å²) in [5.74, 6) is 0. The highest BCUT2D eigenvalue weighted by Crippen LogP contribution is 2.38. The fraction of sp³-hybridized carbons (Fsp3) is 0.211. The minimum Gasteiger partial charge on any atom is -0.387 e. The van der Waals surface area contributed by atoms with Crippen molar-refractivity contribution in [2.45, 2.75) is 18.5 Å². The lowest BCUT2D eigenvalue weighted by Gasteiger charge is -2.19. The van der Waals surface area contributed by atoms with Gasteiger partial charge in [-0.2, -0.15) is 26.3 Å². The molecule has 0 aliphatic rings. The number of anilines is 1. The fourth-order valence-corrected chi connectivity index (χ4v) is 2.80. The molecule has 0 unspecified atom stereocenters. The summed E-state index contributed by atoms with van der Waals surface area (Å²) in [6, 6.07) is 12.1. The van der Waals surface area contributed by atoms with E-state index in [0.29, 0.717) is 17.8 Å². The number of pyridine rings is 1. The first-order chi connectivity index (χ1) is 13.1. The van der Waals surface area contributed by atoms with E-state index in [4.69, 9.17) is 0 Å². The number of nitrogens with zero attached hydrogens (tertiary/aromatic N) is 1. The van der Waals surface area contributed by atoms with Crippen molar-refractivity contribution in [3.8, 4) is 0 Å². The zero-order chi connectivity index (χ0) is 20.5. The van der Waals surface area contributed by atoms with Crippen molar-refractivity contribution in [2.75, 3.05) is 11.9 Å². The number of aliphatic hydroxyl groups excluding tert-OH is 1. The molecule has 1 heterocycles. The minimum atomic E-state index is -4.96. The Bertz CT molecular complexity index is 970. The number of hydrogen-bond donors (Lipinski definition) is 2. The van der Waals surface area contributed by atoms with Crippen molar-refractivity contribution in [1.82, 2.24) is 4.98 Å². The predicted molar refractivity (Wildman–Crippen MR) is 91.6 cm³/mol. The van der Waals surface area contributed by atoms with Gasteiger partial charge in [-0.15, -0.1) is 0 Å². The van der Waals surface area contributed by atoms with E-state index in [1.54, 1.807) is 30.3 Å². The summed E-state index contributed by atoms with van der Waals surface area (Å²) in [6.45, 7) is -0.198. The molecule has 0 radical (unpaired) electrons. The normalized spacial score (nSPS) is 13.5. The van der Waals surface area contributed by atoms with Crippen LogP contribution in [0.15, 0.2) is 54.6 Å². The van der Waals surface area contributed by atoms with E-state index in [-0.39, 0.29) is 17.5 Å². The number of fused-ring (bicyclic) bond motifs is 1. The van der Waals surface area contributed by atoms with Gasteiger partial charge in [0.15, 0.2) is 0 Å². The third-order valence-electron chi connectivity index (χ3n) is 4.10. The van der Waals surface area contributed by atoms with Gasteiger partial charge in [0.25, 0.3) is 0 Å². The summed E-state index contributed by atoms with van der Waals surface area (Å²) >= 11 is 0. The Kier molecular flexibility index (Phi) is 5.20. The minimum absolute atomic E-state index is 0.190. The molecule has 3 aromatic rings. The van der Waals surface area contributed by atoms with Gasteiger partial charge in [-0.1, -0.05) is 30.3 Å². The zero-order valence-corrected chi connectivity index (χ0v) is 14.1. The summed E-state index contributed by atoms with van der Waals surface area (Å²) in [5.41, 5.74) is -3.32. The molecule has 28 heavy (non-hydrogen) atoms. The van der Waals surface area contributed by atoms with Crippen LogP contribution >= 0.6 is 0 Å². The fourth-order valence-electron chi connectivity index (χ4n) is 2.80. The number of benzene rings is 2. The van der Waals surface area contributed by atoms with E-state index in [2.05, 4.69) is 10.3 Å². The molecule has 0 saturated carbocycles.